The van der Waals surface area contributed by atoms with E-state index in [0.717, 1.165) is 49.4 Å². The van der Waals surface area contributed by atoms with Crippen molar-refractivity contribution in [1.82, 2.24) is 0 Å². The normalized spacial score (nSPS) is 15.1. The maximum absolute atomic E-state index is 12.9. The molecule has 0 bridgehead atoms. The average Bonchev–Trinajstić information content (AvgIpc) is 3.59. The third kappa shape index (κ3) is 7.44. The van der Waals surface area contributed by atoms with Crippen molar-refractivity contribution in [3.8, 4) is 0 Å². The monoisotopic (exact) mass is 744 g/mol. The van der Waals surface area contributed by atoms with E-state index < -0.39 is 26.0 Å². The molecule has 0 saturated heterocycles. The van der Waals surface area contributed by atoms with Crippen molar-refractivity contribution in [1.29, 1.82) is 0 Å². The quantitative estimate of drug-likeness (QED) is 0.142. The number of rotatable bonds is 8. The van der Waals surface area contributed by atoms with Crippen molar-refractivity contribution < 1.29 is 31.5 Å². The third-order valence-corrected chi connectivity index (χ3v) is 12.4. The van der Waals surface area contributed by atoms with E-state index in [0.29, 0.717) is 29.8 Å². The average molecular weight is 745 g/mol. The van der Waals surface area contributed by atoms with Gasteiger partial charge in [-0.05, 0) is 112 Å². The minimum atomic E-state index is -3.76. The fourth-order valence-corrected chi connectivity index (χ4v) is 9.10. The fourth-order valence-electron chi connectivity index (χ4n) is 6.93. The molecule has 268 valence electrons. The van der Waals surface area contributed by atoms with Gasteiger partial charge in [-0.2, -0.15) is 0 Å². The number of hydrogen-bond donors (Lipinski definition) is 3. The van der Waals surface area contributed by atoms with Gasteiger partial charge in [0.15, 0.2) is 5.78 Å². The van der Waals surface area contributed by atoms with Gasteiger partial charge in [-0.1, -0.05) is 85.3 Å². The summed E-state index contributed by atoms with van der Waals surface area (Å²) in [5.74, 6) is -0.867. The number of sulfonamides is 2. The molecule has 0 fully saturated rings. The zero-order valence-corrected chi connectivity index (χ0v) is 30.6. The molecule has 0 heterocycles. The maximum atomic E-state index is 12.9. The Bertz CT molecular complexity index is 2720. The molecule has 8 rings (SSSR count). The molecule has 11 heteroatoms. The van der Waals surface area contributed by atoms with Crippen LogP contribution in [0.5, 0.6) is 0 Å². The van der Waals surface area contributed by atoms with E-state index in [2.05, 4.69) is 9.44 Å². The van der Waals surface area contributed by atoms with E-state index in [-0.39, 0.29) is 27.9 Å². The Morgan fingerprint density at radius 1 is 0.660 bits per heavy atom. The Kier molecular flexibility index (Phi) is 9.39. The summed E-state index contributed by atoms with van der Waals surface area (Å²) in [7, 11) is -7.47. The molecule has 0 saturated carbocycles. The van der Waals surface area contributed by atoms with Crippen LogP contribution in [0.3, 0.4) is 0 Å². The van der Waals surface area contributed by atoms with Gasteiger partial charge in [0.2, 0.25) is 0 Å². The molecule has 9 nitrogen and oxygen atoms in total. The molecule has 3 N–H and O–H groups in total. The number of nitrogens with one attached hydrogen (secondary N) is 2. The minimum Gasteiger partial charge on any atom is -0.481 e. The molecule has 0 aliphatic heterocycles. The number of ketones is 1. The molecule has 0 amide bonds. The van der Waals surface area contributed by atoms with Gasteiger partial charge in [0.25, 0.3) is 20.0 Å². The van der Waals surface area contributed by atoms with E-state index in [4.69, 9.17) is 5.11 Å². The van der Waals surface area contributed by atoms with Crippen LogP contribution in [0.4, 0.5) is 11.4 Å². The SMILES string of the molecule is CC1=C(CC(=O)O)c2cc(NS(=O)(=O)c3ccc4ccccc4c3)ccc2C1.CC1Cc2ccc(NS(=O)(=O)c3ccc4ccccc4c3)cc2C1=O. The Balaban J connectivity index is 0.000000165. The summed E-state index contributed by atoms with van der Waals surface area (Å²) in [6.07, 6.45) is 1.33. The molecular formula is C42H36N2O7S2. The van der Waals surface area contributed by atoms with Crippen LogP contribution in [0.1, 0.15) is 47.3 Å². The molecule has 6 aromatic rings. The van der Waals surface area contributed by atoms with Crippen molar-refractivity contribution in [3.63, 3.8) is 0 Å². The molecule has 2 aliphatic carbocycles. The largest absolute Gasteiger partial charge is 0.481 e. The van der Waals surface area contributed by atoms with Crippen molar-refractivity contribution in [2.75, 3.05) is 9.44 Å². The number of aliphatic carboxylic acids is 1. The number of allylic oxidation sites excluding steroid dienone is 1. The van der Waals surface area contributed by atoms with Crippen LogP contribution in [0.15, 0.2) is 137 Å². The van der Waals surface area contributed by atoms with Crippen molar-refractivity contribution in [2.45, 2.75) is 42.9 Å². The van der Waals surface area contributed by atoms with Gasteiger partial charge in [-0.3, -0.25) is 19.0 Å². The maximum Gasteiger partial charge on any atom is 0.307 e. The van der Waals surface area contributed by atoms with Crippen molar-refractivity contribution in [2.24, 2.45) is 5.92 Å². The number of hydrogen-bond acceptors (Lipinski definition) is 6. The molecule has 0 radical (unpaired) electrons. The highest BCUT2D eigenvalue weighted by Crippen LogP contribution is 2.37. The van der Waals surface area contributed by atoms with E-state index in [1.54, 1.807) is 60.7 Å². The lowest BCUT2D eigenvalue weighted by atomic mass is 10.0. The summed E-state index contributed by atoms with van der Waals surface area (Å²) in [5, 5.41) is 12.8. The van der Waals surface area contributed by atoms with E-state index in [9.17, 15) is 26.4 Å². The van der Waals surface area contributed by atoms with Gasteiger partial charge in [-0.15, -0.1) is 0 Å². The molecule has 1 unspecified atom stereocenters. The van der Waals surface area contributed by atoms with Gasteiger partial charge in [-0.25, -0.2) is 16.8 Å². The molecule has 0 spiro atoms. The second-order valence-electron chi connectivity index (χ2n) is 13.4. The van der Waals surface area contributed by atoms with Gasteiger partial charge in [0.05, 0.1) is 16.2 Å². The van der Waals surface area contributed by atoms with Crippen LogP contribution >= 0.6 is 0 Å². The van der Waals surface area contributed by atoms with Gasteiger partial charge in [0.1, 0.15) is 0 Å². The highest BCUT2D eigenvalue weighted by molar-refractivity contribution is 7.93. The van der Waals surface area contributed by atoms with Crippen LogP contribution in [-0.2, 0) is 37.7 Å². The smallest absolute Gasteiger partial charge is 0.307 e. The summed E-state index contributed by atoms with van der Waals surface area (Å²) in [6.45, 7) is 3.80. The van der Waals surface area contributed by atoms with Crippen LogP contribution < -0.4 is 9.44 Å². The highest BCUT2D eigenvalue weighted by Gasteiger charge is 2.28. The minimum absolute atomic E-state index is 0.0395. The Morgan fingerprint density at radius 2 is 1.15 bits per heavy atom. The van der Waals surface area contributed by atoms with Crippen molar-refractivity contribution >= 4 is 70.3 Å². The number of carboxylic acid groups (broad SMARTS) is 1. The van der Waals surface area contributed by atoms with E-state index >= 15 is 0 Å². The van der Waals surface area contributed by atoms with Crippen LogP contribution in [0, 0.1) is 5.92 Å². The van der Waals surface area contributed by atoms with E-state index in [1.165, 1.54) is 0 Å². The molecule has 2 aliphatic rings. The lowest BCUT2D eigenvalue weighted by Gasteiger charge is -2.11. The van der Waals surface area contributed by atoms with Crippen LogP contribution in [-0.4, -0.2) is 33.7 Å². The second-order valence-corrected chi connectivity index (χ2v) is 16.8. The fraction of sp³-hybridized carbons (Fsp3) is 0.143. The summed E-state index contributed by atoms with van der Waals surface area (Å²) in [4.78, 5) is 23.7. The Hall–Kier alpha value is -5.78. The summed E-state index contributed by atoms with van der Waals surface area (Å²) < 4.78 is 56.3. The highest BCUT2D eigenvalue weighted by atomic mass is 32.2. The van der Waals surface area contributed by atoms with Gasteiger partial charge < -0.3 is 5.11 Å². The second kappa shape index (κ2) is 14.0. The number of carboxylic acids is 1. The molecule has 53 heavy (non-hydrogen) atoms. The Morgan fingerprint density at radius 3 is 1.68 bits per heavy atom. The number of benzene rings is 6. The summed E-state index contributed by atoms with van der Waals surface area (Å²) in [5.41, 5.74) is 6.01. The first-order chi connectivity index (χ1) is 25.3. The number of fused-ring (bicyclic) bond motifs is 4. The number of Topliss-reactive ketones (excluding diaryl/α,β-unsaturated/α-hetero) is 1. The van der Waals surface area contributed by atoms with Gasteiger partial charge >= 0.3 is 5.97 Å². The topological polar surface area (TPSA) is 147 Å². The zero-order valence-electron chi connectivity index (χ0n) is 29.0. The number of carbonyl (C=O) groups is 2. The lowest BCUT2D eigenvalue weighted by molar-refractivity contribution is -0.135. The summed E-state index contributed by atoms with van der Waals surface area (Å²) >= 11 is 0. The molecular weight excluding hydrogens is 709 g/mol. The first kappa shape index (κ1) is 35.6. The number of anilines is 2. The predicted octanol–water partition coefficient (Wildman–Crippen LogP) is 8.46. The predicted molar refractivity (Wildman–Crippen MR) is 208 cm³/mol. The third-order valence-electron chi connectivity index (χ3n) is 9.65. The van der Waals surface area contributed by atoms with E-state index in [1.807, 2.05) is 74.5 Å². The van der Waals surface area contributed by atoms with Crippen LogP contribution in [0.25, 0.3) is 27.1 Å². The molecule has 1 atom stereocenters. The van der Waals surface area contributed by atoms with Crippen LogP contribution in [0.2, 0.25) is 0 Å². The molecule has 6 aromatic carbocycles. The first-order valence-corrected chi connectivity index (χ1v) is 20.0. The van der Waals surface area contributed by atoms with Crippen molar-refractivity contribution in [3.05, 3.63) is 149 Å². The Labute approximate surface area is 308 Å². The standard InChI is InChI=1S/C22H19NO4S.C20H17NO3S/c1-14-10-17-6-8-18(12-21(17)20(14)13-22(24)25)23-28(26,27)19-9-7-15-4-2-3-5-16(15)11-19;1-13-10-16-6-8-17(12-19(16)20(13)22)21-25(23,24)18-9-7-14-4-2-3-5-15(14)11-18/h2-9,11-12,23H,10,13H2,1H3,(H,24,25);2-9,11-13,21H,10H2,1H3. The molecule has 0 aromatic heterocycles. The van der Waals surface area contributed by atoms with Gasteiger partial charge in [0, 0.05) is 22.9 Å². The first-order valence-electron chi connectivity index (χ1n) is 17.0. The number of carbonyl (C=O) groups excluding carboxylic acids is 1. The zero-order chi connectivity index (χ0) is 37.5. The lowest BCUT2D eigenvalue weighted by Crippen LogP contribution is -2.13. The summed E-state index contributed by atoms with van der Waals surface area (Å²) in [6, 6.07) is 35.7.